The highest BCUT2D eigenvalue weighted by atomic mass is 16.6. The number of aliphatic hydroxyl groups excluding tert-OH is 1. The number of likely N-dealkylation sites (tertiary alicyclic amines) is 1. The lowest BCUT2D eigenvalue weighted by Crippen LogP contribution is -2.43. The van der Waals surface area contributed by atoms with Gasteiger partial charge in [-0.3, -0.25) is 19.8 Å². The highest BCUT2D eigenvalue weighted by molar-refractivity contribution is 5.85. The van der Waals surface area contributed by atoms with Crippen molar-refractivity contribution in [2.24, 2.45) is 5.73 Å². The van der Waals surface area contributed by atoms with E-state index < -0.39 is 29.1 Å². The van der Waals surface area contributed by atoms with Gasteiger partial charge < -0.3 is 15.6 Å². The Bertz CT molecular complexity index is 588. The highest BCUT2D eigenvalue weighted by Crippen LogP contribution is 2.19. The van der Waals surface area contributed by atoms with Crippen LogP contribution >= 0.6 is 0 Å². The molecule has 118 valence electrons. The maximum absolute atomic E-state index is 11.9. The first-order chi connectivity index (χ1) is 10.4. The third-order valence-electron chi connectivity index (χ3n) is 3.35. The first kappa shape index (κ1) is 15.7. The van der Waals surface area contributed by atoms with Gasteiger partial charge in [-0.05, 0) is 17.7 Å². The van der Waals surface area contributed by atoms with Crippen molar-refractivity contribution in [2.45, 2.75) is 25.2 Å². The summed E-state index contributed by atoms with van der Waals surface area (Å²) in [6.45, 7) is -0.123. The molecule has 1 heterocycles. The van der Waals surface area contributed by atoms with Crippen molar-refractivity contribution in [1.29, 1.82) is 0 Å². The number of amides is 2. The van der Waals surface area contributed by atoms with Gasteiger partial charge in [-0.25, -0.2) is 4.79 Å². The average molecular weight is 309 g/mol. The number of nitro groups is 1. The monoisotopic (exact) mass is 309 g/mol. The summed E-state index contributed by atoms with van der Waals surface area (Å²) in [5.41, 5.74) is 5.68. The molecular formula is C13H15N3O6. The second-order valence-corrected chi connectivity index (χ2v) is 4.94. The van der Waals surface area contributed by atoms with Crippen LogP contribution in [-0.2, 0) is 16.1 Å². The highest BCUT2D eigenvalue weighted by Gasteiger charge is 2.38. The SMILES string of the molecule is NC(=O)[C@@H]1C[C@@H](O)CN1C(=O)OCc1ccc([N+](=O)[O-])cc1. The van der Waals surface area contributed by atoms with Crippen molar-refractivity contribution in [3.63, 3.8) is 0 Å². The molecule has 0 bridgehead atoms. The number of nitrogens with two attached hydrogens (primary N) is 1. The predicted molar refractivity (Wildman–Crippen MR) is 73.6 cm³/mol. The Morgan fingerprint density at radius 3 is 2.59 bits per heavy atom. The van der Waals surface area contributed by atoms with Crippen LogP contribution in [0.15, 0.2) is 24.3 Å². The summed E-state index contributed by atoms with van der Waals surface area (Å²) < 4.78 is 5.04. The van der Waals surface area contributed by atoms with Crippen LogP contribution in [0.2, 0.25) is 0 Å². The molecule has 1 aromatic rings. The second-order valence-electron chi connectivity index (χ2n) is 4.94. The molecule has 0 unspecified atom stereocenters. The van der Waals surface area contributed by atoms with Gasteiger partial charge in [0.2, 0.25) is 5.91 Å². The van der Waals surface area contributed by atoms with Crippen molar-refractivity contribution < 1.29 is 24.4 Å². The maximum Gasteiger partial charge on any atom is 0.410 e. The zero-order valence-corrected chi connectivity index (χ0v) is 11.5. The third kappa shape index (κ3) is 3.50. The van der Waals surface area contributed by atoms with E-state index in [1.54, 1.807) is 0 Å². The molecule has 1 saturated heterocycles. The molecule has 1 aliphatic rings. The van der Waals surface area contributed by atoms with Crippen LogP contribution in [0, 0.1) is 10.1 Å². The summed E-state index contributed by atoms with van der Waals surface area (Å²) in [7, 11) is 0. The summed E-state index contributed by atoms with van der Waals surface area (Å²) in [4.78, 5) is 34.2. The molecule has 0 spiro atoms. The first-order valence-electron chi connectivity index (χ1n) is 6.52. The molecule has 1 aromatic carbocycles. The number of nitro benzene ring substituents is 1. The van der Waals surface area contributed by atoms with Crippen LogP contribution in [0.4, 0.5) is 10.5 Å². The van der Waals surface area contributed by atoms with Crippen LogP contribution in [0.25, 0.3) is 0 Å². The maximum atomic E-state index is 11.9. The Balaban J connectivity index is 1.94. The number of benzene rings is 1. The van der Waals surface area contributed by atoms with Crippen LogP contribution < -0.4 is 5.73 Å². The summed E-state index contributed by atoms with van der Waals surface area (Å²) in [5, 5.41) is 20.0. The zero-order valence-electron chi connectivity index (χ0n) is 11.5. The van der Waals surface area contributed by atoms with E-state index in [4.69, 9.17) is 10.5 Å². The van der Waals surface area contributed by atoms with E-state index in [2.05, 4.69) is 0 Å². The van der Waals surface area contributed by atoms with Gasteiger partial charge in [0.05, 0.1) is 17.6 Å². The number of carbonyl (C=O) groups excluding carboxylic acids is 2. The van der Waals surface area contributed by atoms with Gasteiger partial charge in [-0.1, -0.05) is 0 Å². The number of primary amides is 1. The normalized spacial score (nSPS) is 20.7. The Morgan fingerprint density at radius 2 is 2.05 bits per heavy atom. The topological polar surface area (TPSA) is 136 Å². The number of ether oxygens (including phenoxy) is 1. The van der Waals surface area contributed by atoms with Crippen LogP contribution in [0.5, 0.6) is 0 Å². The number of β-amino-alcohol motifs (C(OH)–C–C–N with tert-alkyl or cyclic N) is 1. The number of carbonyl (C=O) groups is 2. The second kappa shape index (κ2) is 6.39. The van der Waals surface area contributed by atoms with Crippen molar-refractivity contribution >= 4 is 17.7 Å². The molecule has 2 amide bonds. The van der Waals surface area contributed by atoms with E-state index in [1.165, 1.54) is 24.3 Å². The Hall–Kier alpha value is -2.68. The van der Waals surface area contributed by atoms with E-state index in [-0.39, 0.29) is 25.3 Å². The fourth-order valence-corrected chi connectivity index (χ4v) is 2.23. The molecule has 0 aromatic heterocycles. The molecule has 1 aliphatic heterocycles. The minimum absolute atomic E-state index is 0.0211. The molecule has 0 aliphatic carbocycles. The number of non-ortho nitro benzene ring substituents is 1. The lowest BCUT2D eigenvalue weighted by Gasteiger charge is -2.21. The van der Waals surface area contributed by atoms with Gasteiger partial charge in [-0.2, -0.15) is 0 Å². The first-order valence-corrected chi connectivity index (χ1v) is 6.52. The number of hydrogen-bond acceptors (Lipinski definition) is 6. The standard InChI is InChI=1S/C13H15N3O6/c14-12(18)11-5-10(17)6-15(11)13(19)22-7-8-1-3-9(4-2-8)16(20)21/h1-4,10-11,17H,5-7H2,(H2,14,18)/t10-,11+/m1/s1. The molecule has 9 nitrogen and oxygen atoms in total. The van der Waals surface area contributed by atoms with Gasteiger partial charge in [0.1, 0.15) is 12.6 Å². The molecule has 22 heavy (non-hydrogen) atoms. The van der Waals surface area contributed by atoms with Crippen molar-refractivity contribution in [3.05, 3.63) is 39.9 Å². The van der Waals surface area contributed by atoms with Gasteiger partial charge in [0.25, 0.3) is 5.69 Å². The minimum Gasteiger partial charge on any atom is -0.445 e. The number of nitrogens with zero attached hydrogens (tertiary/aromatic N) is 2. The summed E-state index contributed by atoms with van der Waals surface area (Å²) in [5.74, 6) is -0.705. The molecule has 1 fully saturated rings. The summed E-state index contributed by atoms with van der Waals surface area (Å²) in [6.07, 6.45) is -1.50. The largest absolute Gasteiger partial charge is 0.445 e. The quantitative estimate of drug-likeness (QED) is 0.600. The van der Waals surface area contributed by atoms with Gasteiger partial charge in [0, 0.05) is 18.6 Å². The number of rotatable bonds is 4. The number of hydrogen-bond donors (Lipinski definition) is 2. The fourth-order valence-electron chi connectivity index (χ4n) is 2.23. The van der Waals surface area contributed by atoms with Crippen molar-refractivity contribution in [2.75, 3.05) is 6.54 Å². The molecule has 2 rings (SSSR count). The van der Waals surface area contributed by atoms with Gasteiger partial charge >= 0.3 is 6.09 Å². The van der Waals surface area contributed by atoms with Crippen LogP contribution in [-0.4, -0.2) is 45.6 Å². The van der Waals surface area contributed by atoms with E-state index in [0.29, 0.717) is 5.56 Å². The Kier molecular flexibility index (Phi) is 4.56. The minimum atomic E-state index is -0.889. The van der Waals surface area contributed by atoms with Gasteiger partial charge in [0.15, 0.2) is 0 Å². The summed E-state index contributed by atoms with van der Waals surface area (Å²) >= 11 is 0. The van der Waals surface area contributed by atoms with Gasteiger partial charge in [-0.15, -0.1) is 0 Å². The molecular weight excluding hydrogens is 294 g/mol. The van der Waals surface area contributed by atoms with Crippen molar-refractivity contribution in [3.8, 4) is 0 Å². The van der Waals surface area contributed by atoms with E-state index in [9.17, 15) is 24.8 Å². The zero-order chi connectivity index (χ0) is 16.3. The number of aliphatic hydroxyl groups is 1. The van der Waals surface area contributed by atoms with Crippen LogP contribution in [0.3, 0.4) is 0 Å². The summed E-state index contributed by atoms with van der Waals surface area (Å²) in [6, 6.07) is 4.65. The predicted octanol–water partition coefficient (Wildman–Crippen LogP) is 0.152. The lowest BCUT2D eigenvalue weighted by atomic mass is 10.2. The molecule has 3 N–H and O–H groups in total. The molecule has 9 heteroatoms. The van der Waals surface area contributed by atoms with Crippen molar-refractivity contribution in [1.82, 2.24) is 4.90 Å². The average Bonchev–Trinajstić information content (AvgIpc) is 2.87. The van der Waals surface area contributed by atoms with Crippen LogP contribution in [0.1, 0.15) is 12.0 Å². The Morgan fingerprint density at radius 1 is 1.41 bits per heavy atom. The van der Waals surface area contributed by atoms with E-state index in [1.807, 2.05) is 0 Å². The molecule has 0 saturated carbocycles. The van der Waals surface area contributed by atoms with E-state index in [0.717, 1.165) is 4.90 Å². The third-order valence-corrected chi connectivity index (χ3v) is 3.35. The lowest BCUT2D eigenvalue weighted by molar-refractivity contribution is -0.384. The molecule has 0 radical (unpaired) electrons. The molecule has 2 atom stereocenters. The van der Waals surface area contributed by atoms with E-state index >= 15 is 0 Å². The smallest absolute Gasteiger partial charge is 0.410 e. The fraction of sp³-hybridized carbons (Fsp3) is 0.385. The Labute approximate surface area is 125 Å².